The van der Waals surface area contributed by atoms with Crippen molar-refractivity contribution in [3.63, 3.8) is 0 Å². The van der Waals surface area contributed by atoms with Gasteiger partial charge in [0.1, 0.15) is 0 Å². The minimum absolute atomic E-state index is 0.582. The minimum Gasteiger partial charge on any atom is -0.265 e. The van der Waals surface area contributed by atoms with Crippen molar-refractivity contribution >= 4 is 6.21 Å². The number of hydrogen-bond acceptors (Lipinski definition) is 1. The smallest absolute Gasteiger partial charge is 0.0342 e. The maximum Gasteiger partial charge on any atom is 0.0342 e. The van der Waals surface area contributed by atoms with Crippen LogP contribution in [0.3, 0.4) is 0 Å². The molecule has 74 valence electrons. The summed E-state index contributed by atoms with van der Waals surface area (Å²) in [6.45, 7) is 10.1. The van der Waals surface area contributed by atoms with Gasteiger partial charge in [0.2, 0.25) is 0 Å². The van der Waals surface area contributed by atoms with Crippen LogP contribution in [0.2, 0.25) is 0 Å². The van der Waals surface area contributed by atoms with Gasteiger partial charge in [-0.2, -0.15) is 0 Å². The van der Waals surface area contributed by atoms with Crippen molar-refractivity contribution in [1.29, 1.82) is 0 Å². The molecule has 0 saturated heterocycles. The van der Waals surface area contributed by atoms with Crippen LogP contribution in [0, 0.1) is 6.92 Å². The van der Waals surface area contributed by atoms with E-state index >= 15 is 0 Å². The Balaban J connectivity index is 3.01. The maximum absolute atomic E-state index is 4.02. The molecular formula is C13H17N. The molecule has 14 heavy (non-hydrogen) atoms. The van der Waals surface area contributed by atoms with Crippen molar-refractivity contribution in [3.05, 3.63) is 47.7 Å². The third kappa shape index (κ3) is 2.56. The SMILES string of the molecule is C=C/N=C\c1ccc(C(C)C)cc1C. The van der Waals surface area contributed by atoms with Gasteiger partial charge in [0.15, 0.2) is 0 Å². The zero-order chi connectivity index (χ0) is 10.6. The lowest BCUT2D eigenvalue weighted by Crippen LogP contribution is -1.92. The Labute approximate surface area is 86.2 Å². The predicted octanol–water partition coefficient (Wildman–Crippen LogP) is 3.68. The maximum atomic E-state index is 4.02. The molecule has 0 radical (unpaired) electrons. The highest BCUT2D eigenvalue weighted by Gasteiger charge is 2.01. The first kappa shape index (κ1) is 10.7. The van der Waals surface area contributed by atoms with E-state index in [0.717, 1.165) is 5.56 Å². The molecule has 0 heterocycles. The fourth-order valence-corrected chi connectivity index (χ4v) is 1.34. The number of benzene rings is 1. The molecule has 1 rings (SSSR count). The quantitative estimate of drug-likeness (QED) is 0.640. The topological polar surface area (TPSA) is 12.4 Å². The van der Waals surface area contributed by atoms with Gasteiger partial charge in [-0.15, -0.1) is 0 Å². The predicted molar refractivity (Wildman–Crippen MR) is 63.1 cm³/mol. The summed E-state index contributed by atoms with van der Waals surface area (Å²) in [6.07, 6.45) is 3.39. The average Bonchev–Trinajstić information content (AvgIpc) is 2.15. The number of rotatable bonds is 3. The molecule has 0 aliphatic rings. The highest BCUT2D eigenvalue weighted by atomic mass is 14.7. The van der Waals surface area contributed by atoms with Gasteiger partial charge in [0.25, 0.3) is 0 Å². The van der Waals surface area contributed by atoms with Gasteiger partial charge in [-0.25, -0.2) is 0 Å². The van der Waals surface area contributed by atoms with E-state index in [9.17, 15) is 0 Å². The average molecular weight is 187 g/mol. The van der Waals surface area contributed by atoms with Crippen LogP contribution in [-0.2, 0) is 0 Å². The van der Waals surface area contributed by atoms with Crippen molar-refractivity contribution in [2.75, 3.05) is 0 Å². The molecule has 0 amide bonds. The van der Waals surface area contributed by atoms with Crippen molar-refractivity contribution in [3.8, 4) is 0 Å². The fraction of sp³-hybridized carbons (Fsp3) is 0.308. The van der Waals surface area contributed by atoms with Gasteiger partial charge in [0.05, 0.1) is 0 Å². The van der Waals surface area contributed by atoms with Crippen LogP contribution in [0.4, 0.5) is 0 Å². The van der Waals surface area contributed by atoms with Crippen LogP contribution < -0.4 is 0 Å². The first-order chi connectivity index (χ1) is 6.65. The highest BCUT2D eigenvalue weighted by Crippen LogP contribution is 2.17. The van der Waals surface area contributed by atoms with Crippen LogP contribution in [0.1, 0.15) is 36.5 Å². The second kappa shape index (κ2) is 4.75. The highest BCUT2D eigenvalue weighted by molar-refractivity contribution is 5.82. The van der Waals surface area contributed by atoms with E-state index in [1.165, 1.54) is 11.1 Å². The Kier molecular flexibility index (Phi) is 3.63. The zero-order valence-electron chi connectivity index (χ0n) is 9.12. The summed E-state index contributed by atoms with van der Waals surface area (Å²) in [6, 6.07) is 6.48. The molecule has 0 bridgehead atoms. The molecular weight excluding hydrogens is 170 g/mol. The number of nitrogens with zero attached hydrogens (tertiary/aromatic N) is 1. The molecule has 0 aliphatic carbocycles. The molecule has 0 spiro atoms. The second-order valence-corrected chi connectivity index (χ2v) is 3.73. The lowest BCUT2D eigenvalue weighted by atomic mass is 9.98. The summed E-state index contributed by atoms with van der Waals surface area (Å²) in [5.41, 5.74) is 3.80. The normalized spacial score (nSPS) is 11.1. The summed E-state index contributed by atoms with van der Waals surface area (Å²) >= 11 is 0. The van der Waals surface area contributed by atoms with Crippen molar-refractivity contribution in [1.82, 2.24) is 0 Å². The van der Waals surface area contributed by atoms with E-state index in [1.54, 1.807) is 6.20 Å². The summed E-state index contributed by atoms with van der Waals surface area (Å²) in [5, 5.41) is 0. The summed E-state index contributed by atoms with van der Waals surface area (Å²) in [5.74, 6) is 0.582. The van der Waals surface area contributed by atoms with E-state index < -0.39 is 0 Å². The molecule has 1 aromatic rings. The van der Waals surface area contributed by atoms with Crippen LogP contribution in [0.5, 0.6) is 0 Å². The van der Waals surface area contributed by atoms with Crippen LogP contribution in [-0.4, -0.2) is 6.21 Å². The van der Waals surface area contributed by atoms with Crippen LogP contribution in [0.15, 0.2) is 36.0 Å². The van der Waals surface area contributed by atoms with Gasteiger partial charge < -0.3 is 0 Å². The Morgan fingerprint density at radius 3 is 2.57 bits per heavy atom. The Morgan fingerprint density at radius 1 is 1.36 bits per heavy atom. The Bertz CT molecular complexity index is 348. The van der Waals surface area contributed by atoms with E-state index in [4.69, 9.17) is 0 Å². The number of hydrogen-bond donors (Lipinski definition) is 0. The monoisotopic (exact) mass is 187 g/mol. The van der Waals surface area contributed by atoms with Gasteiger partial charge in [-0.1, -0.05) is 38.6 Å². The molecule has 1 aromatic carbocycles. The van der Waals surface area contributed by atoms with Gasteiger partial charge in [-0.05, 0) is 29.5 Å². The lowest BCUT2D eigenvalue weighted by molar-refractivity contribution is 0.865. The van der Waals surface area contributed by atoms with Crippen molar-refractivity contribution in [2.45, 2.75) is 26.7 Å². The number of aliphatic imine (C=N–C) groups is 1. The van der Waals surface area contributed by atoms with Gasteiger partial charge in [-0.3, -0.25) is 4.99 Å². The Morgan fingerprint density at radius 2 is 2.07 bits per heavy atom. The lowest BCUT2D eigenvalue weighted by Gasteiger charge is -2.07. The molecule has 1 heteroatoms. The van der Waals surface area contributed by atoms with Crippen molar-refractivity contribution in [2.24, 2.45) is 4.99 Å². The molecule has 0 atom stereocenters. The third-order valence-corrected chi connectivity index (χ3v) is 2.28. The largest absolute Gasteiger partial charge is 0.265 e. The summed E-state index contributed by atoms with van der Waals surface area (Å²) < 4.78 is 0. The van der Waals surface area contributed by atoms with Gasteiger partial charge in [0, 0.05) is 12.4 Å². The number of aryl methyl sites for hydroxylation is 1. The second-order valence-electron chi connectivity index (χ2n) is 3.73. The van der Waals surface area contributed by atoms with Crippen LogP contribution >= 0.6 is 0 Å². The first-order valence-corrected chi connectivity index (χ1v) is 4.89. The van der Waals surface area contributed by atoms with Crippen LogP contribution in [0.25, 0.3) is 0 Å². The molecule has 0 saturated carbocycles. The molecule has 1 nitrogen and oxygen atoms in total. The van der Waals surface area contributed by atoms with Gasteiger partial charge >= 0.3 is 0 Å². The minimum atomic E-state index is 0.582. The Hall–Kier alpha value is -1.37. The fourth-order valence-electron chi connectivity index (χ4n) is 1.34. The van der Waals surface area contributed by atoms with E-state index in [2.05, 4.69) is 50.5 Å². The molecule has 0 aliphatic heterocycles. The third-order valence-electron chi connectivity index (χ3n) is 2.28. The molecule has 0 N–H and O–H groups in total. The molecule has 0 unspecified atom stereocenters. The standard InChI is InChI=1S/C13H17N/c1-5-14-9-13-7-6-12(10(2)3)8-11(13)4/h5-10H,1H2,2-4H3/b14-9-. The summed E-state index contributed by atoms with van der Waals surface area (Å²) in [7, 11) is 0. The molecule has 0 aromatic heterocycles. The van der Waals surface area contributed by atoms with E-state index in [0.29, 0.717) is 5.92 Å². The zero-order valence-corrected chi connectivity index (χ0v) is 9.12. The molecule has 0 fully saturated rings. The first-order valence-electron chi connectivity index (χ1n) is 4.89. The van der Waals surface area contributed by atoms with Crippen molar-refractivity contribution < 1.29 is 0 Å². The van der Waals surface area contributed by atoms with E-state index in [1.807, 2.05) is 6.21 Å². The summed E-state index contributed by atoms with van der Waals surface area (Å²) in [4.78, 5) is 4.02. The van der Waals surface area contributed by atoms with E-state index in [-0.39, 0.29) is 0 Å².